The van der Waals surface area contributed by atoms with E-state index in [1.807, 2.05) is 35.2 Å². The number of carbonyl (C=O) groups is 2. The Hall–Kier alpha value is -2.08. The summed E-state index contributed by atoms with van der Waals surface area (Å²) in [7, 11) is 0. The Kier molecular flexibility index (Phi) is 5.04. The molecular weight excluding hydrogens is 306 g/mol. The smallest absolute Gasteiger partial charge is 0.410 e. The molecule has 2 aliphatic heterocycles. The summed E-state index contributed by atoms with van der Waals surface area (Å²) in [6.07, 6.45) is -0.413. The second kappa shape index (κ2) is 7.21. The van der Waals surface area contributed by atoms with Crippen LogP contribution in [0.3, 0.4) is 0 Å². The molecule has 24 heavy (non-hydrogen) atoms. The van der Waals surface area contributed by atoms with E-state index in [1.165, 1.54) is 4.90 Å². The SMILES string of the molecule is CC(C)N1CC(N2CCN(C(=O)OCc3ccccc3)CC2=O)C1. The summed E-state index contributed by atoms with van der Waals surface area (Å²) in [4.78, 5) is 30.3. The number of nitrogens with zero attached hydrogens (tertiary/aromatic N) is 3. The predicted octanol–water partition coefficient (Wildman–Crippen LogP) is 1.56. The molecule has 0 radical (unpaired) electrons. The number of likely N-dealkylation sites (tertiary alicyclic amines) is 1. The molecule has 6 nitrogen and oxygen atoms in total. The fourth-order valence-electron chi connectivity index (χ4n) is 3.15. The van der Waals surface area contributed by atoms with Gasteiger partial charge < -0.3 is 9.64 Å². The van der Waals surface area contributed by atoms with E-state index in [4.69, 9.17) is 4.74 Å². The third-order valence-electron chi connectivity index (χ3n) is 4.78. The van der Waals surface area contributed by atoms with Gasteiger partial charge in [-0.3, -0.25) is 14.6 Å². The van der Waals surface area contributed by atoms with Crippen molar-refractivity contribution in [1.82, 2.24) is 14.7 Å². The van der Waals surface area contributed by atoms with Crippen LogP contribution in [0.1, 0.15) is 19.4 Å². The molecule has 1 aromatic carbocycles. The lowest BCUT2D eigenvalue weighted by molar-refractivity contribution is -0.142. The van der Waals surface area contributed by atoms with Gasteiger partial charge in [0.2, 0.25) is 5.91 Å². The number of ether oxygens (including phenoxy) is 1. The van der Waals surface area contributed by atoms with Crippen molar-refractivity contribution in [2.75, 3.05) is 32.7 Å². The lowest BCUT2D eigenvalue weighted by Crippen LogP contribution is -2.66. The molecule has 0 aromatic heterocycles. The van der Waals surface area contributed by atoms with Crippen LogP contribution < -0.4 is 0 Å². The quantitative estimate of drug-likeness (QED) is 0.840. The molecule has 0 unspecified atom stereocenters. The average Bonchev–Trinajstić information content (AvgIpc) is 2.53. The maximum atomic E-state index is 12.4. The summed E-state index contributed by atoms with van der Waals surface area (Å²) >= 11 is 0. The van der Waals surface area contributed by atoms with Crippen molar-refractivity contribution in [1.29, 1.82) is 0 Å². The summed E-state index contributed by atoms with van der Waals surface area (Å²) in [5.41, 5.74) is 0.944. The summed E-state index contributed by atoms with van der Waals surface area (Å²) in [5, 5.41) is 0. The molecule has 2 aliphatic rings. The van der Waals surface area contributed by atoms with Crippen molar-refractivity contribution < 1.29 is 14.3 Å². The molecule has 0 saturated carbocycles. The second-order valence-electron chi connectivity index (χ2n) is 6.75. The molecule has 2 saturated heterocycles. The zero-order valence-corrected chi connectivity index (χ0v) is 14.4. The number of piperazine rings is 1. The summed E-state index contributed by atoms with van der Waals surface area (Å²) in [6, 6.07) is 10.4. The Balaban J connectivity index is 1.45. The van der Waals surface area contributed by atoms with Crippen LogP contribution in [0.2, 0.25) is 0 Å². The van der Waals surface area contributed by atoms with Crippen molar-refractivity contribution in [3.63, 3.8) is 0 Å². The van der Waals surface area contributed by atoms with Crippen LogP contribution in [0.4, 0.5) is 4.79 Å². The van der Waals surface area contributed by atoms with E-state index >= 15 is 0 Å². The molecule has 1 aromatic rings. The number of hydrogen-bond donors (Lipinski definition) is 0. The van der Waals surface area contributed by atoms with Crippen molar-refractivity contribution in [2.24, 2.45) is 0 Å². The minimum absolute atomic E-state index is 0.0197. The van der Waals surface area contributed by atoms with Crippen LogP contribution in [0.25, 0.3) is 0 Å². The van der Waals surface area contributed by atoms with Crippen LogP contribution in [0.5, 0.6) is 0 Å². The molecule has 2 fully saturated rings. The Labute approximate surface area is 143 Å². The fraction of sp³-hybridized carbons (Fsp3) is 0.556. The number of benzene rings is 1. The van der Waals surface area contributed by atoms with Crippen LogP contribution in [0.15, 0.2) is 30.3 Å². The van der Waals surface area contributed by atoms with E-state index in [0.717, 1.165) is 18.7 Å². The molecule has 2 amide bonds. The predicted molar refractivity (Wildman–Crippen MR) is 90.4 cm³/mol. The standard InChI is InChI=1S/C18H25N3O3/c1-14(2)20-10-16(11-20)21-9-8-19(12-17(21)22)18(23)24-13-15-6-4-3-5-7-15/h3-7,14,16H,8-13H2,1-2H3. The minimum atomic E-state index is -0.413. The van der Waals surface area contributed by atoms with E-state index in [0.29, 0.717) is 25.2 Å². The highest BCUT2D eigenvalue weighted by Crippen LogP contribution is 2.20. The number of rotatable bonds is 4. The normalized spacial score (nSPS) is 19.5. The lowest BCUT2D eigenvalue weighted by atomic mass is 10.0. The van der Waals surface area contributed by atoms with Gasteiger partial charge in [0.1, 0.15) is 13.2 Å². The van der Waals surface area contributed by atoms with Crippen LogP contribution in [0, 0.1) is 0 Å². The molecular formula is C18H25N3O3. The zero-order chi connectivity index (χ0) is 17.1. The average molecular weight is 331 g/mol. The first-order valence-corrected chi connectivity index (χ1v) is 8.53. The Morgan fingerprint density at radius 3 is 2.54 bits per heavy atom. The molecule has 6 heteroatoms. The van der Waals surface area contributed by atoms with Gasteiger partial charge in [-0.1, -0.05) is 30.3 Å². The van der Waals surface area contributed by atoms with Crippen LogP contribution >= 0.6 is 0 Å². The molecule has 2 heterocycles. The number of hydrogen-bond acceptors (Lipinski definition) is 4. The first-order valence-electron chi connectivity index (χ1n) is 8.53. The van der Waals surface area contributed by atoms with Gasteiger partial charge in [0.15, 0.2) is 0 Å². The van der Waals surface area contributed by atoms with Gasteiger partial charge in [0.05, 0.1) is 6.04 Å². The van der Waals surface area contributed by atoms with E-state index in [-0.39, 0.29) is 19.1 Å². The van der Waals surface area contributed by atoms with E-state index in [9.17, 15) is 9.59 Å². The van der Waals surface area contributed by atoms with Crippen molar-refractivity contribution in [3.05, 3.63) is 35.9 Å². The van der Waals surface area contributed by atoms with Gasteiger partial charge >= 0.3 is 6.09 Å². The summed E-state index contributed by atoms with van der Waals surface area (Å²) in [5.74, 6) is 0.0197. The summed E-state index contributed by atoms with van der Waals surface area (Å²) < 4.78 is 5.31. The van der Waals surface area contributed by atoms with Gasteiger partial charge in [-0.15, -0.1) is 0 Å². The Bertz CT molecular complexity index is 584. The number of carbonyl (C=O) groups excluding carboxylic acids is 2. The highest BCUT2D eigenvalue weighted by molar-refractivity contribution is 5.84. The first-order chi connectivity index (χ1) is 11.5. The van der Waals surface area contributed by atoms with Gasteiger partial charge in [0, 0.05) is 32.2 Å². The number of amides is 2. The largest absolute Gasteiger partial charge is 0.445 e. The topological polar surface area (TPSA) is 53.1 Å². The first kappa shape index (κ1) is 16.8. The maximum Gasteiger partial charge on any atom is 0.410 e. The minimum Gasteiger partial charge on any atom is -0.445 e. The van der Waals surface area contributed by atoms with Crippen molar-refractivity contribution in [3.8, 4) is 0 Å². The van der Waals surface area contributed by atoms with Crippen LogP contribution in [-0.4, -0.2) is 71.5 Å². The Morgan fingerprint density at radius 1 is 1.21 bits per heavy atom. The third-order valence-corrected chi connectivity index (χ3v) is 4.78. The molecule has 0 N–H and O–H groups in total. The molecule has 3 rings (SSSR count). The fourth-order valence-corrected chi connectivity index (χ4v) is 3.15. The second-order valence-corrected chi connectivity index (χ2v) is 6.75. The van der Waals surface area contributed by atoms with Gasteiger partial charge in [-0.2, -0.15) is 0 Å². The van der Waals surface area contributed by atoms with Crippen molar-refractivity contribution in [2.45, 2.75) is 32.5 Å². The van der Waals surface area contributed by atoms with E-state index in [2.05, 4.69) is 18.7 Å². The third kappa shape index (κ3) is 3.70. The molecule has 0 aliphatic carbocycles. The maximum absolute atomic E-state index is 12.4. The van der Waals surface area contributed by atoms with Gasteiger partial charge in [-0.05, 0) is 19.4 Å². The summed E-state index contributed by atoms with van der Waals surface area (Å²) in [6.45, 7) is 7.68. The molecule has 0 spiro atoms. The molecule has 130 valence electrons. The highest BCUT2D eigenvalue weighted by atomic mass is 16.6. The van der Waals surface area contributed by atoms with Crippen molar-refractivity contribution >= 4 is 12.0 Å². The monoisotopic (exact) mass is 331 g/mol. The highest BCUT2D eigenvalue weighted by Gasteiger charge is 2.38. The lowest BCUT2D eigenvalue weighted by Gasteiger charge is -2.49. The molecule has 0 bridgehead atoms. The van der Waals surface area contributed by atoms with E-state index in [1.54, 1.807) is 0 Å². The van der Waals surface area contributed by atoms with Crippen LogP contribution in [-0.2, 0) is 16.1 Å². The van der Waals surface area contributed by atoms with E-state index < -0.39 is 6.09 Å². The zero-order valence-electron chi connectivity index (χ0n) is 14.4. The van der Waals surface area contributed by atoms with Gasteiger partial charge in [-0.25, -0.2) is 4.79 Å². The molecule has 0 atom stereocenters. The van der Waals surface area contributed by atoms with Gasteiger partial charge in [0.25, 0.3) is 0 Å². The Morgan fingerprint density at radius 2 is 1.92 bits per heavy atom.